The van der Waals surface area contributed by atoms with Gasteiger partial charge in [-0.3, -0.25) is 14.9 Å². The fourth-order valence-electron chi connectivity index (χ4n) is 1.20. The molecule has 0 saturated heterocycles. The van der Waals surface area contributed by atoms with Crippen LogP contribution < -0.4 is 10.6 Å². The second-order valence-electron chi connectivity index (χ2n) is 4.33. The molecule has 0 radical (unpaired) electrons. The highest BCUT2D eigenvalue weighted by Gasteiger charge is 2.11. The highest BCUT2D eigenvalue weighted by atomic mass is 79.9. The molecule has 1 heterocycles. The normalized spacial score (nSPS) is 10.3. The molecule has 2 N–H and O–H groups in total. The van der Waals surface area contributed by atoms with Crippen molar-refractivity contribution in [2.75, 3.05) is 18.4 Å². The Bertz CT molecular complexity index is 479. The van der Waals surface area contributed by atoms with Crippen LogP contribution in [0.25, 0.3) is 0 Å². The molecule has 0 fully saturated rings. The molecule has 1 aromatic rings. The van der Waals surface area contributed by atoms with Crippen molar-refractivity contribution >= 4 is 33.3 Å². The molecular formula is C11H15BrN4O3. The Balaban J connectivity index is 2.54. The van der Waals surface area contributed by atoms with Gasteiger partial charge in [0, 0.05) is 12.6 Å². The summed E-state index contributed by atoms with van der Waals surface area (Å²) in [6.45, 7) is 4.68. The van der Waals surface area contributed by atoms with Gasteiger partial charge in [-0.1, -0.05) is 13.8 Å². The molecule has 0 aromatic carbocycles. The SMILES string of the molecule is CC(C)CNC(=O)CNc1ncc([N+](=O)[O-])cc1Br. The van der Waals surface area contributed by atoms with Crippen LogP contribution in [0.4, 0.5) is 11.5 Å². The van der Waals surface area contributed by atoms with Crippen molar-refractivity contribution in [2.45, 2.75) is 13.8 Å². The third kappa shape index (κ3) is 5.21. The fraction of sp³-hybridized carbons (Fsp3) is 0.455. The molecule has 1 rings (SSSR count). The molecule has 7 nitrogen and oxygen atoms in total. The summed E-state index contributed by atoms with van der Waals surface area (Å²) in [5.41, 5.74) is -0.110. The van der Waals surface area contributed by atoms with Crippen LogP contribution in [0.1, 0.15) is 13.8 Å². The average Bonchev–Trinajstić information content (AvgIpc) is 2.34. The smallest absolute Gasteiger partial charge is 0.288 e. The van der Waals surface area contributed by atoms with Gasteiger partial charge in [-0.05, 0) is 21.8 Å². The second kappa shape index (κ2) is 7.03. The molecule has 0 bridgehead atoms. The molecule has 0 unspecified atom stereocenters. The lowest BCUT2D eigenvalue weighted by molar-refractivity contribution is -0.385. The van der Waals surface area contributed by atoms with Crippen LogP contribution in [-0.4, -0.2) is 28.9 Å². The Labute approximate surface area is 119 Å². The minimum absolute atomic E-state index is 0.0656. The van der Waals surface area contributed by atoms with E-state index in [1.165, 1.54) is 6.07 Å². The summed E-state index contributed by atoms with van der Waals surface area (Å²) in [5, 5.41) is 16.1. The Hall–Kier alpha value is -1.70. The number of rotatable bonds is 6. The summed E-state index contributed by atoms with van der Waals surface area (Å²) >= 11 is 3.17. The van der Waals surface area contributed by atoms with Crippen molar-refractivity contribution in [3.8, 4) is 0 Å². The summed E-state index contributed by atoms with van der Waals surface area (Å²) in [6, 6.07) is 1.33. The summed E-state index contributed by atoms with van der Waals surface area (Å²) < 4.78 is 0.443. The quantitative estimate of drug-likeness (QED) is 0.613. The van der Waals surface area contributed by atoms with E-state index in [0.29, 0.717) is 22.8 Å². The van der Waals surface area contributed by atoms with Crippen molar-refractivity contribution in [3.63, 3.8) is 0 Å². The number of nitro groups is 1. The van der Waals surface area contributed by atoms with E-state index in [9.17, 15) is 14.9 Å². The van der Waals surface area contributed by atoms with Crippen LogP contribution in [0.3, 0.4) is 0 Å². The van der Waals surface area contributed by atoms with Gasteiger partial charge in [-0.25, -0.2) is 4.98 Å². The van der Waals surface area contributed by atoms with Crippen LogP contribution in [0.15, 0.2) is 16.7 Å². The van der Waals surface area contributed by atoms with Crippen molar-refractivity contribution < 1.29 is 9.72 Å². The van der Waals surface area contributed by atoms with E-state index < -0.39 is 4.92 Å². The van der Waals surface area contributed by atoms with Gasteiger partial charge in [0.25, 0.3) is 5.69 Å². The van der Waals surface area contributed by atoms with E-state index in [-0.39, 0.29) is 18.1 Å². The number of anilines is 1. The van der Waals surface area contributed by atoms with Crippen molar-refractivity contribution in [2.24, 2.45) is 5.92 Å². The van der Waals surface area contributed by atoms with E-state index in [2.05, 4.69) is 31.5 Å². The maximum atomic E-state index is 11.5. The summed E-state index contributed by atoms with van der Waals surface area (Å²) in [7, 11) is 0. The molecular weight excluding hydrogens is 316 g/mol. The maximum Gasteiger partial charge on any atom is 0.288 e. The molecule has 104 valence electrons. The van der Waals surface area contributed by atoms with Gasteiger partial charge in [0.2, 0.25) is 5.91 Å². The van der Waals surface area contributed by atoms with E-state index in [0.717, 1.165) is 6.20 Å². The number of carbonyl (C=O) groups is 1. The minimum atomic E-state index is -0.531. The Kier molecular flexibility index (Phi) is 5.68. The molecule has 0 aliphatic rings. The lowest BCUT2D eigenvalue weighted by atomic mass is 10.2. The largest absolute Gasteiger partial charge is 0.360 e. The topological polar surface area (TPSA) is 97.2 Å². The lowest BCUT2D eigenvalue weighted by Gasteiger charge is -2.09. The summed E-state index contributed by atoms with van der Waals surface area (Å²) in [6.07, 6.45) is 1.14. The first kappa shape index (κ1) is 15.4. The zero-order chi connectivity index (χ0) is 14.4. The number of halogens is 1. The number of pyridine rings is 1. The van der Waals surface area contributed by atoms with Crippen LogP contribution in [0, 0.1) is 16.0 Å². The zero-order valence-electron chi connectivity index (χ0n) is 10.6. The maximum absolute atomic E-state index is 11.5. The van der Waals surface area contributed by atoms with E-state index >= 15 is 0 Å². The second-order valence-corrected chi connectivity index (χ2v) is 5.19. The minimum Gasteiger partial charge on any atom is -0.360 e. The highest BCUT2D eigenvalue weighted by molar-refractivity contribution is 9.10. The number of hydrogen-bond acceptors (Lipinski definition) is 5. The number of amides is 1. The Morgan fingerprint density at radius 2 is 2.26 bits per heavy atom. The summed E-state index contributed by atoms with van der Waals surface area (Å²) in [5.74, 6) is 0.624. The molecule has 0 saturated carbocycles. The molecule has 0 aliphatic carbocycles. The third-order valence-corrected chi connectivity index (χ3v) is 2.77. The molecule has 1 aromatic heterocycles. The first-order valence-corrected chi connectivity index (χ1v) is 6.50. The standard InChI is InChI=1S/C11H15BrN4O3/c1-7(2)4-13-10(17)6-15-11-9(12)3-8(5-14-11)16(18)19/h3,5,7H,4,6H2,1-2H3,(H,13,17)(H,14,15). The van der Waals surface area contributed by atoms with Gasteiger partial charge < -0.3 is 10.6 Å². The summed E-state index contributed by atoms with van der Waals surface area (Å²) in [4.78, 5) is 25.4. The number of aromatic nitrogens is 1. The number of hydrogen-bond donors (Lipinski definition) is 2. The molecule has 0 aliphatic heterocycles. The zero-order valence-corrected chi connectivity index (χ0v) is 12.2. The predicted octanol–water partition coefficient (Wildman–Crippen LogP) is 1.94. The van der Waals surface area contributed by atoms with Crippen molar-refractivity contribution in [3.05, 3.63) is 26.9 Å². The molecule has 0 spiro atoms. The number of nitrogens with one attached hydrogen (secondary N) is 2. The van der Waals surface area contributed by atoms with Gasteiger partial charge in [-0.15, -0.1) is 0 Å². The third-order valence-electron chi connectivity index (χ3n) is 2.16. The van der Waals surface area contributed by atoms with Gasteiger partial charge in [0.05, 0.1) is 15.9 Å². The molecule has 0 atom stereocenters. The Morgan fingerprint density at radius 1 is 1.58 bits per heavy atom. The fourth-order valence-corrected chi connectivity index (χ4v) is 1.68. The Morgan fingerprint density at radius 3 is 2.79 bits per heavy atom. The van der Waals surface area contributed by atoms with Crippen molar-refractivity contribution in [1.82, 2.24) is 10.3 Å². The number of nitrogens with zero attached hydrogens (tertiary/aromatic N) is 2. The van der Waals surface area contributed by atoms with Crippen LogP contribution in [0.5, 0.6) is 0 Å². The molecule has 1 amide bonds. The number of carbonyl (C=O) groups excluding carboxylic acids is 1. The van der Waals surface area contributed by atoms with Gasteiger partial charge in [0.15, 0.2) is 0 Å². The van der Waals surface area contributed by atoms with Crippen LogP contribution >= 0.6 is 15.9 Å². The first-order chi connectivity index (χ1) is 8.90. The van der Waals surface area contributed by atoms with Gasteiger partial charge >= 0.3 is 0 Å². The van der Waals surface area contributed by atoms with Crippen LogP contribution in [-0.2, 0) is 4.79 Å². The van der Waals surface area contributed by atoms with Crippen molar-refractivity contribution in [1.29, 1.82) is 0 Å². The van der Waals surface area contributed by atoms with Gasteiger partial charge in [-0.2, -0.15) is 0 Å². The van der Waals surface area contributed by atoms with E-state index in [1.807, 2.05) is 13.8 Å². The monoisotopic (exact) mass is 330 g/mol. The molecule has 8 heteroatoms. The predicted molar refractivity (Wildman–Crippen MR) is 74.9 cm³/mol. The van der Waals surface area contributed by atoms with Gasteiger partial charge in [0.1, 0.15) is 12.0 Å². The van der Waals surface area contributed by atoms with Crippen LogP contribution in [0.2, 0.25) is 0 Å². The lowest BCUT2D eigenvalue weighted by Crippen LogP contribution is -2.32. The highest BCUT2D eigenvalue weighted by Crippen LogP contribution is 2.23. The van der Waals surface area contributed by atoms with E-state index in [1.54, 1.807) is 0 Å². The molecule has 19 heavy (non-hydrogen) atoms. The average molecular weight is 331 g/mol. The van der Waals surface area contributed by atoms with E-state index in [4.69, 9.17) is 0 Å². The first-order valence-electron chi connectivity index (χ1n) is 5.70.